The van der Waals surface area contributed by atoms with Gasteiger partial charge >= 0.3 is 7.12 Å². The third-order valence-electron chi connectivity index (χ3n) is 3.98. The second-order valence-electron chi connectivity index (χ2n) is 6.00. The highest BCUT2D eigenvalue weighted by molar-refractivity contribution is 8.13. The summed E-state index contributed by atoms with van der Waals surface area (Å²) in [7, 11) is 0.234. The molecule has 22 heavy (non-hydrogen) atoms. The number of benzene rings is 1. The normalized spacial score (nSPS) is 20.1. The van der Waals surface area contributed by atoms with Crippen LogP contribution in [0, 0.1) is 10.1 Å². The second-order valence-corrected chi connectivity index (χ2v) is 8.57. The molecule has 0 aliphatic carbocycles. The molecule has 1 aromatic carbocycles. The van der Waals surface area contributed by atoms with Crippen LogP contribution in [0.2, 0.25) is 0 Å². The highest BCUT2D eigenvalue weighted by Gasteiger charge is 2.53. The molecule has 0 radical (unpaired) electrons. The Bertz CT molecular complexity index is 717. The van der Waals surface area contributed by atoms with Gasteiger partial charge in [-0.25, -0.2) is 8.42 Å². The van der Waals surface area contributed by atoms with Gasteiger partial charge in [-0.05, 0) is 39.8 Å². The molecule has 0 aromatic heterocycles. The summed E-state index contributed by atoms with van der Waals surface area (Å²) in [6.45, 7) is 7.17. The Morgan fingerprint density at radius 3 is 2.09 bits per heavy atom. The lowest BCUT2D eigenvalue weighted by atomic mass is 9.78. The van der Waals surface area contributed by atoms with Crippen LogP contribution in [0.25, 0.3) is 0 Å². The molecule has 0 bridgehead atoms. The zero-order valence-electron chi connectivity index (χ0n) is 12.5. The van der Waals surface area contributed by atoms with Gasteiger partial charge in [0.2, 0.25) is 0 Å². The average Bonchev–Trinajstić information content (AvgIpc) is 2.56. The van der Waals surface area contributed by atoms with Crippen molar-refractivity contribution in [2.24, 2.45) is 0 Å². The lowest BCUT2D eigenvalue weighted by Crippen LogP contribution is -2.41. The number of nitro benzene ring substituents is 1. The van der Waals surface area contributed by atoms with Crippen LogP contribution >= 0.6 is 10.7 Å². The van der Waals surface area contributed by atoms with Gasteiger partial charge in [0.05, 0.1) is 26.5 Å². The van der Waals surface area contributed by atoms with Crippen LogP contribution in [0.3, 0.4) is 0 Å². The molecule has 1 heterocycles. The van der Waals surface area contributed by atoms with Gasteiger partial charge in [0.1, 0.15) is 0 Å². The zero-order valence-corrected chi connectivity index (χ0v) is 14.1. The van der Waals surface area contributed by atoms with Crippen LogP contribution in [0.4, 0.5) is 5.69 Å². The van der Waals surface area contributed by atoms with Crippen molar-refractivity contribution >= 4 is 38.0 Å². The molecule has 1 aliphatic rings. The van der Waals surface area contributed by atoms with Crippen molar-refractivity contribution in [1.29, 1.82) is 0 Å². The third-order valence-corrected chi connectivity index (χ3v) is 5.34. The smallest absolute Gasteiger partial charge is 0.399 e. The first-order chi connectivity index (χ1) is 9.85. The van der Waals surface area contributed by atoms with Gasteiger partial charge in [0.25, 0.3) is 14.7 Å². The van der Waals surface area contributed by atoms with Gasteiger partial charge in [0, 0.05) is 16.7 Å². The van der Waals surface area contributed by atoms with E-state index in [9.17, 15) is 18.5 Å². The Morgan fingerprint density at radius 2 is 1.68 bits per heavy atom. The minimum absolute atomic E-state index is 0.0189. The van der Waals surface area contributed by atoms with Gasteiger partial charge in [-0.2, -0.15) is 0 Å². The van der Waals surface area contributed by atoms with E-state index >= 15 is 0 Å². The third kappa shape index (κ3) is 2.98. The van der Waals surface area contributed by atoms with Crippen LogP contribution < -0.4 is 5.46 Å². The van der Waals surface area contributed by atoms with Crippen molar-refractivity contribution in [3.8, 4) is 0 Å². The van der Waals surface area contributed by atoms with Crippen molar-refractivity contribution in [2.45, 2.75) is 43.8 Å². The number of hydrogen-bond acceptors (Lipinski definition) is 6. The first-order valence-corrected chi connectivity index (χ1v) is 8.75. The van der Waals surface area contributed by atoms with E-state index in [-0.39, 0.29) is 16.0 Å². The first kappa shape index (κ1) is 17.2. The van der Waals surface area contributed by atoms with Crippen LogP contribution in [0.1, 0.15) is 27.7 Å². The minimum atomic E-state index is -4.02. The zero-order chi connectivity index (χ0) is 16.9. The lowest BCUT2D eigenvalue weighted by Gasteiger charge is -2.32. The second kappa shape index (κ2) is 5.19. The molecule has 0 spiro atoms. The molecule has 1 aromatic rings. The van der Waals surface area contributed by atoms with Gasteiger partial charge in [-0.1, -0.05) is 0 Å². The van der Waals surface area contributed by atoms with Crippen molar-refractivity contribution in [2.75, 3.05) is 0 Å². The van der Waals surface area contributed by atoms with E-state index in [4.69, 9.17) is 20.0 Å². The molecule has 0 atom stereocenters. The number of nitrogens with zero attached hydrogens (tertiary/aromatic N) is 1. The summed E-state index contributed by atoms with van der Waals surface area (Å²) in [4.78, 5) is 10.3. The molecule has 7 nitrogen and oxygen atoms in total. The highest BCUT2D eigenvalue weighted by Crippen LogP contribution is 2.37. The van der Waals surface area contributed by atoms with E-state index in [1.165, 1.54) is 0 Å². The molecular weight excluding hydrogens is 332 g/mol. The van der Waals surface area contributed by atoms with Crippen molar-refractivity contribution in [3.05, 3.63) is 28.3 Å². The number of rotatable bonds is 3. The Morgan fingerprint density at radius 1 is 1.18 bits per heavy atom. The fourth-order valence-corrected chi connectivity index (χ4v) is 2.80. The average molecular weight is 348 g/mol. The molecule has 1 fully saturated rings. The summed E-state index contributed by atoms with van der Waals surface area (Å²) in [5, 5.41) is 11.2. The van der Waals surface area contributed by atoms with Crippen LogP contribution in [-0.4, -0.2) is 31.7 Å². The van der Waals surface area contributed by atoms with Crippen LogP contribution in [0.15, 0.2) is 23.1 Å². The minimum Gasteiger partial charge on any atom is -0.399 e. The molecule has 2 rings (SSSR count). The lowest BCUT2D eigenvalue weighted by molar-refractivity contribution is -0.383. The van der Waals surface area contributed by atoms with Crippen molar-refractivity contribution in [3.63, 3.8) is 0 Å². The Hall–Kier alpha value is -1.16. The SMILES string of the molecule is CC1(C)OB(c2cc(S(=O)(=O)Cl)ccc2[N+](=O)[O-])OC1(C)C. The maximum Gasteiger partial charge on any atom is 0.501 e. The van der Waals surface area contributed by atoms with Gasteiger partial charge < -0.3 is 9.31 Å². The van der Waals surface area contributed by atoms with E-state index in [1.807, 2.05) is 0 Å². The summed E-state index contributed by atoms with van der Waals surface area (Å²) in [6.07, 6.45) is 0. The maximum absolute atomic E-state index is 11.4. The Labute approximate surface area is 133 Å². The molecule has 1 saturated heterocycles. The maximum atomic E-state index is 11.4. The van der Waals surface area contributed by atoms with E-state index in [0.29, 0.717) is 0 Å². The molecular formula is C12H15BClNO6S. The molecule has 120 valence electrons. The Kier molecular flexibility index (Phi) is 4.06. The molecule has 0 amide bonds. The standard InChI is InChI=1S/C12H15BClNO6S/c1-11(2)12(3,4)21-13(20-11)9-7-8(22(14,18)19)5-6-10(9)15(16)17/h5-7H,1-4H3. The van der Waals surface area contributed by atoms with E-state index in [2.05, 4.69) is 0 Å². The summed E-state index contributed by atoms with van der Waals surface area (Å²) < 4.78 is 34.4. The fourth-order valence-electron chi connectivity index (χ4n) is 2.01. The molecule has 1 aliphatic heterocycles. The van der Waals surface area contributed by atoms with Crippen molar-refractivity contribution in [1.82, 2.24) is 0 Å². The van der Waals surface area contributed by atoms with Crippen LogP contribution in [0.5, 0.6) is 0 Å². The summed E-state index contributed by atoms with van der Waals surface area (Å²) >= 11 is 0. The number of nitro groups is 1. The van der Waals surface area contributed by atoms with E-state index in [0.717, 1.165) is 18.2 Å². The van der Waals surface area contributed by atoms with Gasteiger partial charge in [-0.3, -0.25) is 10.1 Å². The van der Waals surface area contributed by atoms with Gasteiger partial charge in [0.15, 0.2) is 0 Å². The van der Waals surface area contributed by atoms with Crippen LogP contribution in [-0.2, 0) is 18.4 Å². The molecule has 0 N–H and O–H groups in total. The Balaban J connectivity index is 2.57. The molecule has 0 saturated carbocycles. The number of hydrogen-bond donors (Lipinski definition) is 0. The largest absolute Gasteiger partial charge is 0.501 e. The topological polar surface area (TPSA) is 95.7 Å². The fraction of sp³-hybridized carbons (Fsp3) is 0.500. The predicted molar refractivity (Wildman–Crippen MR) is 81.9 cm³/mol. The summed E-state index contributed by atoms with van der Waals surface area (Å²) in [5.41, 5.74) is -1.68. The van der Waals surface area contributed by atoms with E-state index in [1.54, 1.807) is 27.7 Å². The summed E-state index contributed by atoms with van der Waals surface area (Å²) in [5.74, 6) is 0. The first-order valence-electron chi connectivity index (χ1n) is 6.44. The monoisotopic (exact) mass is 347 g/mol. The van der Waals surface area contributed by atoms with Gasteiger partial charge in [-0.15, -0.1) is 0 Å². The highest BCUT2D eigenvalue weighted by atomic mass is 35.7. The summed E-state index contributed by atoms with van der Waals surface area (Å²) in [6, 6.07) is 3.27. The quantitative estimate of drug-likeness (QED) is 0.358. The molecule has 10 heteroatoms. The molecule has 0 unspecified atom stereocenters. The predicted octanol–water partition coefficient (Wildman–Crippen LogP) is 1.82. The van der Waals surface area contributed by atoms with Crippen molar-refractivity contribution < 1.29 is 22.6 Å². The number of halogens is 1. The van der Waals surface area contributed by atoms with E-state index < -0.39 is 32.3 Å².